The third-order valence-electron chi connectivity index (χ3n) is 0.214. The summed E-state index contributed by atoms with van der Waals surface area (Å²) in [4.78, 5) is 0. The Balaban J connectivity index is -0.0000000800. The van der Waals surface area contributed by atoms with E-state index in [-0.39, 0.29) is 37.0 Å². The van der Waals surface area contributed by atoms with Crippen LogP contribution in [0.5, 0.6) is 0 Å². The maximum absolute atomic E-state index is 4.45. The Morgan fingerprint density at radius 3 is 1.86 bits per heavy atom. The summed E-state index contributed by atoms with van der Waals surface area (Å²) in [5, 5.41) is 2.62. The summed E-state index contributed by atoms with van der Waals surface area (Å²) in [7, 11) is 1.73. The summed E-state index contributed by atoms with van der Waals surface area (Å²) < 4.78 is 0.532. The Bertz CT molecular complexity index is 48.2. The van der Waals surface area contributed by atoms with Gasteiger partial charge in [-0.1, -0.05) is 19.6 Å². The van der Waals surface area contributed by atoms with E-state index in [1.807, 2.05) is 0 Å². The van der Waals surface area contributed by atoms with Crippen molar-refractivity contribution in [2.75, 3.05) is 7.05 Å². The zero-order valence-electron chi connectivity index (χ0n) is 2.86. The molecule has 0 fully saturated rings. The van der Waals surface area contributed by atoms with E-state index in [9.17, 15) is 0 Å². The molecule has 1 N–H and O–H groups in total. The van der Waals surface area contributed by atoms with Gasteiger partial charge < -0.3 is 5.32 Å². The predicted octanol–water partition coefficient (Wildman–Crippen LogP) is 0.408. The monoisotopic (exact) mass is 147 g/mol. The van der Waals surface area contributed by atoms with Crippen LogP contribution in [0.4, 0.5) is 0 Å². The molecule has 0 aromatic rings. The van der Waals surface area contributed by atoms with E-state index >= 15 is 0 Å². The molecule has 0 radical (unpaired) electrons. The molecule has 7 heavy (non-hydrogen) atoms. The van der Waals surface area contributed by atoms with Crippen LogP contribution in [-0.2, 0) is 0 Å². The quantitative estimate of drug-likeness (QED) is 0.292. The van der Waals surface area contributed by atoms with Gasteiger partial charge in [-0.2, -0.15) is 0 Å². The Kier molecular flexibility index (Phi) is 23.1. The Labute approximate surface area is 78.0 Å². The molecule has 1 nitrogen and oxygen atoms in total. The van der Waals surface area contributed by atoms with E-state index in [1.165, 1.54) is 0 Å². The molecule has 0 rings (SSSR count). The van der Waals surface area contributed by atoms with Crippen molar-refractivity contribution in [1.29, 1.82) is 0 Å². The number of hydrogen-bond donors (Lipinski definition) is 2. The zero-order chi connectivity index (χ0) is 4.28. The molecule has 0 amide bonds. The van der Waals surface area contributed by atoms with Crippen molar-refractivity contribution in [2.45, 2.75) is 7.43 Å². The molecular formula is C3H10NNaS2. The predicted molar refractivity (Wildman–Crippen MR) is 44.5 cm³/mol. The van der Waals surface area contributed by atoms with Gasteiger partial charge in [0.2, 0.25) is 0 Å². The van der Waals surface area contributed by atoms with Crippen molar-refractivity contribution < 1.29 is 0 Å². The first-order valence-electron chi connectivity index (χ1n) is 1.18. The van der Waals surface area contributed by atoms with Gasteiger partial charge in [0.1, 0.15) is 4.32 Å². The number of hydrogen-bond acceptors (Lipinski definition) is 1. The van der Waals surface area contributed by atoms with E-state index in [1.54, 1.807) is 7.05 Å². The molecule has 0 aromatic heterocycles. The average molecular weight is 147 g/mol. The van der Waals surface area contributed by atoms with Crippen molar-refractivity contribution in [3.05, 3.63) is 0 Å². The SMILES string of the molecule is C.CNC(=S)S.[NaH]. The summed E-state index contributed by atoms with van der Waals surface area (Å²) in [6.45, 7) is 0. The van der Waals surface area contributed by atoms with Gasteiger partial charge >= 0.3 is 29.6 Å². The van der Waals surface area contributed by atoms with Crippen molar-refractivity contribution >= 4 is 58.7 Å². The molecule has 0 aliphatic heterocycles. The average Bonchev–Trinajstić information content (AvgIpc) is 1.38. The van der Waals surface area contributed by atoms with Crippen LogP contribution in [0.15, 0.2) is 0 Å². The van der Waals surface area contributed by atoms with Crippen molar-refractivity contribution in [3.63, 3.8) is 0 Å². The van der Waals surface area contributed by atoms with E-state index in [0.717, 1.165) is 0 Å². The molecule has 0 heterocycles. The molecule has 0 unspecified atom stereocenters. The Morgan fingerprint density at radius 2 is 1.86 bits per heavy atom. The Hall–Kier alpha value is 1.24. The van der Waals surface area contributed by atoms with E-state index in [0.29, 0.717) is 4.32 Å². The van der Waals surface area contributed by atoms with Crippen LogP contribution in [0.1, 0.15) is 7.43 Å². The van der Waals surface area contributed by atoms with Gasteiger partial charge in [0, 0.05) is 7.05 Å². The maximum atomic E-state index is 4.45. The molecule has 0 saturated carbocycles. The molecule has 0 spiro atoms. The van der Waals surface area contributed by atoms with Gasteiger partial charge in [-0.15, -0.1) is 12.6 Å². The van der Waals surface area contributed by atoms with Gasteiger partial charge in [0.15, 0.2) is 0 Å². The van der Waals surface area contributed by atoms with Gasteiger partial charge in [-0.05, 0) is 0 Å². The minimum absolute atomic E-state index is 0. The molecule has 0 saturated heterocycles. The number of nitrogens with one attached hydrogen (secondary N) is 1. The molecule has 4 heteroatoms. The minimum atomic E-state index is 0. The summed E-state index contributed by atoms with van der Waals surface area (Å²) in [6.07, 6.45) is 0. The Morgan fingerprint density at radius 1 is 1.71 bits per heavy atom. The molecule has 0 atom stereocenters. The molecule has 0 aliphatic rings. The fourth-order valence-corrected chi connectivity index (χ4v) is 0. The number of rotatable bonds is 0. The molecule has 0 bridgehead atoms. The van der Waals surface area contributed by atoms with E-state index in [2.05, 4.69) is 30.2 Å². The van der Waals surface area contributed by atoms with Gasteiger partial charge in [0.25, 0.3) is 0 Å². The second kappa shape index (κ2) is 10.3. The standard InChI is InChI=1S/C2H5NS2.CH4.Na.H/c1-3-2(4)5;;;/h1H3,(H2,3,4,5);1H4;;. The van der Waals surface area contributed by atoms with E-state index < -0.39 is 0 Å². The summed E-state index contributed by atoms with van der Waals surface area (Å²) in [6, 6.07) is 0. The fourth-order valence-electron chi connectivity index (χ4n) is 0. The normalized spacial score (nSPS) is 4.86. The van der Waals surface area contributed by atoms with Crippen LogP contribution in [-0.4, -0.2) is 40.9 Å². The fraction of sp³-hybridized carbons (Fsp3) is 0.667. The summed E-state index contributed by atoms with van der Waals surface area (Å²) in [5.41, 5.74) is 0. The second-order valence-electron chi connectivity index (χ2n) is 0.555. The van der Waals surface area contributed by atoms with Gasteiger partial charge in [-0.3, -0.25) is 0 Å². The van der Waals surface area contributed by atoms with Gasteiger partial charge in [-0.25, -0.2) is 0 Å². The third kappa shape index (κ3) is 18.9. The molecular weight excluding hydrogens is 137 g/mol. The summed E-state index contributed by atoms with van der Waals surface area (Å²) in [5.74, 6) is 0. The zero-order valence-corrected chi connectivity index (χ0v) is 4.57. The van der Waals surface area contributed by atoms with Crippen LogP contribution in [0, 0.1) is 0 Å². The molecule has 0 aliphatic carbocycles. The molecule has 40 valence electrons. The first-order chi connectivity index (χ1) is 2.27. The first kappa shape index (κ1) is 15.7. The summed E-state index contributed by atoms with van der Waals surface area (Å²) >= 11 is 8.17. The van der Waals surface area contributed by atoms with Crippen molar-refractivity contribution in [2.24, 2.45) is 0 Å². The van der Waals surface area contributed by atoms with Crippen LogP contribution in [0.2, 0.25) is 0 Å². The van der Waals surface area contributed by atoms with Crippen LogP contribution < -0.4 is 5.32 Å². The van der Waals surface area contributed by atoms with Gasteiger partial charge in [0.05, 0.1) is 0 Å². The third-order valence-corrected chi connectivity index (χ3v) is 0.642. The van der Waals surface area contributed by atoms with E-state index in [4.69, 9.17) is 0 Å². The number of thiol groups is 1. The first-order valence-corrected chi connectivity index (χ1v) is 2.03. The van der Waals surface area contributed by atoms with Crippen molar-refractivity contribution in [1.82, 2.24) is 5.32 Å². The van der Waals surface area contributed by atoms with Crippen molar-refractivity contribution in [3.8, 4) is 0 Å². The second-order valence-corrected chi connectivity index (χ2v) is 1.71. The topological polar surface area (TPSA) is 12.0 Å². The van der Waals surface area contributed by atoms with Crippen LogP contribution >= 0.6 is 24.8 Å². The van der Waals surface area contributed by atoms with Crippen LogP contribution in [0.25, 0.3) is 0 Å². The molecule has 0 aromatic carbocycles. The number of thiocarbonyl (C=S) groups is 1. The van der Waals surface area contributed by atoms with Crippen LogP contribution in [0.3, 0.4) is 0 Å².